The highest BCUT2D eigenvalue weighted by molar-refractivity contribution is 7.17. The Morgan fingerprint density at radius 2 is 1.88 bits per heavy atom. The van der Waals surface area contributed by atoms with E-state index in [0.29, 0.717) is 38.9 Å². The number of hydrogen-bond donors (Lipinski definition) is 3. The monoisotopic (exact) mass is 380 g/mol. The van der Waals surface area contributed by atoms with E-state index in [9.17, 15) is 9.59 Å². The maximum Gasteiger partial charge on any atom is 0.325 e. The molecule has 0 radical (unpaired) electrons. The van der Waals surface area contributed by atoms with E-state index in [-0.39, 0.29) is 5.91 Å². The molecule has 0 aliphatic carbocycles. The van der Waals surface area contributed by atoms with Gasteiger partial charge < -0.3 is 10.6 Å². The van der Waals surface area contributed by atoms with E-state index in [1.165, 1.54) is 0 Å². The summed E-state index contributed by atoms with van der Waals surface area (Å²) >= 11 is 6.96. The number of nitrogens with zero attached hydrogens (tertiary/aromatic N) is 1. The van der Waals surface area contributed by atoms with Crippen LogP contribution in [0.25, 0.3) is 0 Å². The quantitative estimate of drug-likeness (QED) is 0.688. The molecule has 0 bridgehead atoms. The molecular formula is C17H21ClN4O2S. The molecule has 0 unspecified atom stereocenters. The minimum Gasteiger partial charge on any atom is -0.351 e. The van der Waals surface area contributed by atoms with Crippen molar-refractivity contribution in [3.8, 4) is 0 Å². The van der Waals surface area contributed by atoms with Crippen molar-refractivity contribution < 1.29 is 9.59 Å². The number of amides is 3. The summed E-state index contributed by atoms with van der Waals surface area (Å²) in [5.41, 5.74) is 1.20. The number of nitrogens with one attached hydrogen (secondary N) is 3. The molecule has 3 N–H and O–H groups in total. The molecule has 0 atom stereocenters. The second-order valence-corrected chi connectivity index (χ2v) is 7.39. The van der Waals surface area contributed by atoms with Crippen LogP contribution >= 0.6 is 22.9 Å². The van der Waals surface area contributed by atoms with E-state index in [0.717, 1.165) is 17.8 Å². The van der Waals surface area contributed by atoms with Gasteiger partial charge in [-0.05, 0) is 43.5 Å². The number of hydrogen-bond acceptors (Lipinski definition) is 4. The Balaban J connectivity index is 1.93. The van der Waals surface area contributed by atoms with E-state index >= 15 is 0 Å². The van der Waals surface area contributed by atoms with Crippen molar-refractivity contribution in [2.45, 2.75) is 27.2 Å². The molecule has 0 fully saturated rings. The number of anilines is 2. The van der Waals surface area contributed by atoms with Gasteiger partial charge in [0, 0.05) is 17.3 Å². The third-order valence-electron chi connectivity index (χ3n) is 3.33. The number of carbonyl (C=O) groups excluding carboxylic acids is 2. The number of benzene rings is 1. The van der Waals surface area contributed by atoms with Gasteiger partial charge in [-0.3, -0.25) is 10.1 Å². The van der Waals surface area contributed by atoms with E-state index in [4.69, 9.17) is 11.6 Å². The average Bonchev–Trinajstić information content (AvgIpc) is 2.89. The molecule has 2 aromatic rings. The van der Waals surface area contributed by atoms with Crippen molar-refractivity contribution in [3.63, 3.8) is 0 Å². The smallest absolute Gasteiger partial charge is 0.325 e. The lowest BCUT2D eigenvalue weighted by Gasteiger charge is -2.06. The molecule has 8 heteroatoms. The van der Waals surface area contributed by atoms with Crippen molar-refractivity contribution >= 4 is 45.7 Å². The Labute approximate surface area is 156 Å². The molecule has 134 valence electrons. The zero-order valence-electron chi connectivity index (χ0n) is 14.4. The molecule has 0 saturated carbocycles. The van der Waals surface area contributed by atoms with Crippen LogP contribution in [0.3, 0.4) is 0 Å². The Hall–Kier alpha value is -2.12. The number of halogens is 1. The molecule has 25 heavy (non-hydrogen) atoms. The number of rotatable bonds is 6. The molecule has 1 heterocycles. The van der Waals surface area contributed by atoms with Gasteiger partial charge in [0.1, 0.15) is 4.88 Å². The zero-order chi connectivity index (χ0) is 18.4. The van der Waals surface area contributed by atoms with E-state index < -0.39 is 6.03 Å². The maximum absolute atomic E-state index is 12.2. The summed E-state index contributed by atoms with van der Waals surface area (Å²) in [6, 6.07) is 6.34. The minimum absolute atomic E-state index is 0.165. The molecule has 0 aliphatic heterocycles. The summed E-state index contributed by atoms with van der Waals surface area (Å²) in [7, 11) is 0. The van der Waals surface area contributed by atoms with Gasteiger partial charge in [0.05, 0.1) is 5.69 Å². The van der Waals surface area contributed by atoms with Crippen LogP contribution in [0.5, 0.6) is 0 Å². The topological polar surface area (TPSA) is 83.1 Å². The van der Waals surface area contributed by atoms with Gasteiger partial charge in [-0.15, -0.1) is 0 Å². The first-order valence-corrected chi connectivity index (χ1v) is 9.14. The van der Waals surface area contributed by atoms with Crippen molar-refractivity contribution in [3.05, 3.63) is 39.9 Å². The molecular weight excluding hydrogens is 360 g/mol. The Kier molecular flexibility index (Phi) is 6.78. The number of carbonyl (C=O) groups is 2. The fourth-order valence-electron chi connectivity index (χ4n) is 2.01. The Bertz CT molecular complexity index is 744. The van der Waals surface area contributed by atoms with E-state index in [2.05, 4.69) is 34.8 Å². The first-order valence-electron chi connectivity index (χ1n) is 7.94. The van der Waals surface area contributed by atoms with E-state index in [1.54, 1.807) is 31.2 Å². The molecule has 0 aliphatic rings. The van der Waals surface area contributed by atoms with Crippen LogP contribution in [0, 0.1) is 12.8 Å². The highest BCUT2D eigenvalue weighted by Crippen LogP contribution is 2.23. The molecule has 2 rings (SSSR count). The summed E-state index contributed by atoms with van der Waals surface area (Å²) in [5.74, 6) is 0.360. The van der Waals surface area contributed by atoms with Gasteiger partial charge in [0.2, 0.25) is 0 Å². The van der Waals surface area contributed by atoms with Crippen LogP contribution < -0.4 is 16.0 Å². The first-order chi connectivity index (χ1) is 11.8. The van der Waals surface area contributed by atoms with Gasteiger partial charge in [-0.25, -0.2) is 9.78 Å². The lowest BCUT2D eigenvalue weighted by molar-refractivity contribution is 0.0955. The minimum atomic E-state index is -0.428. The van der Waals surface area contributed by atoms with Gasteiger partial charge in [-0.2, -0.15) is 0 Å². The summed E-state index contributed by atoms with van der Waals surface area (Å²) in [6.07, 6.45) is 0.915. The molecule has 0 spiro atoms. The molecule has 1 aromatic carbocycles. The van der Waals surface area contributed by atoms with Gasteiger partial charge in [0.25, 0.3) is 5.91 Å². The van der Waals surface area contributed by atoms with Gasteiger partial charge >= 0.3 is 6.03 Å². The van der Waals surface area contributed by atoms with Crippen molar-refractivity contribution in [2.24, 2.45) is 5.92 Å². The lowest BCUT2D eigenvalue weighted by atomic mass is 10.1. The highest BCUT2D eigenvalue weighted by atomic mass is 35.5. The summed E-state index contributed by atoms with van der Waals surface area (Å²) < 4.78 is 0. The van der Waals surface area contributed by atoms with Crippen LogP contribution in [-0.4, -0.2) is 23.5 Å². The average molecular weight is 381 g/mol. The predicted molar refractivity (Wildman–Crippen MR) is 103 cm³/mol. The lowest BCUT2D eigenvalue weighted by Crippen LogP contribution is -2.25. The van der Waals surface area contributed by atoms with Crippen molar-refractivity contribution in [1.82, 2.24) is 10.3 Å². The molecule has 0 saturated heterocycles. The molecule has 1 aromatic heterocycles. The third kappa shape index (κ3) is 6.03. The number of thiazole rings is 1. The first kappa shape index (κ1) is 19.2. The zero-order valence-corrected chi connectivity index (χ0v) is 15.9. The predicted octanol–water partition coefficient (Wildman–Crippen LogP) is 4.52. The normalized spacial score (nSPS) is 10.6. The second-order valence-electron chi connectivity index (χ2n) is 5.96. The van der Waals surface area contributed by atoms with E-state index in [1.807, 2.05) is 0 Å². The van der Waals surface area contributed by atoms with Gasteiger partial charge in [-0.1, -0.05) is 36.8 Å². The number of aromatic nitrogens is 1. The van der Waals surface area contributed by atoms with Crippen LogP contribution in [0.2, 0.25) is 5.02 Å². The summed E-state index contributed by atoms with van der Waals surface area (Å²) in [6.45, 7) is 6.57. The largest absolute Gasteiger partial charge is 0.351 e. The maximum atomic E-state index is 12.2. The Morgan fingerprint density at radius 3 is 2.52 bits per heavy atom. The van der Waals surface area contributed by atoms with Crippen LogP contribution in [0.1, 0.15) is 35.6 Å². The standard InChI is InChI=1S/C17H21ClN4O2S/c1-10(2)8-9-19-15(23)14-11(3)20-17(25-14)22-16(24)21-13-6-4-12(18)5-7-13/h4-7,10H,8-9H2,1-3H3,(H,19,23)(H2,20,21,22,24). The number of urea groups is 1. The SMILES string of the molecule is Cc1nc(NC(=O)Nc2ccc(Cl)cc2)sc1C(=O)NCCC(C)C. The summed E-state index contributed by atoms with van der Waals surface area (Å²) in [4.78, 5) is 28.9. The van der Waals surface area contributed by atoms with Gasteiger partial charge in [0.15, 0.2) is 5.13 Å². The fraction of sp³-hybridized carbons (Fsp3) is 0.353. The fourth-order valence-corrected chi connectivity index (χ4v) is 3.01. The molecule has 6 nitrogen and oxygen atoms in total. The third-order valence-corrected chi connectivity index (χ3v) is 4.66. The summed E-state index contributed by atoms with van der Waals surface area (Å²) in [5, 5.41) is 9.16. The van der Waals surface area contributed by atoms with Crippen molar-refractivity contribution in [2.75, 3.05) is 17.2 Å². The van der Waals surface area contributed by atoms with Crippen LogP contribution in [0.4, 0.5) is 15.6 Å². The number of aryl methyl sites for hydroxylation is 1. The van der Waals surface area contributed by atoms with Crippen molar-refractivity contribution in [1.29, 1.82) is 0 Å². The van der Waals surface area contributed by atoms with Crippen LogP contribution in [-0.2, 0) is 0 Å². The second kappa shape index (κ2) is 8.82. The molecule has 3 amide bonds. The highest BCUT2D eigenvalue weighted by Gasteiger charge is 2.16. The van der Waals surface area contributed by atoms with Crippen LogP contribution in [0.15, 0.2) is 24.3 Å². The Morgan fingerprint density at radius 1 is 1.20 bits per heavy atom.